The first-order valence-electron chi connectivity index (χ1n) is 8.15. The molecule has 1 amide bonds. The third kappa shape index (κ3) is 5.60. The predicted octanol–water partition coefficient (Wildman–Crippen LogP) is 0.947. The molecule has 5 N–H and O–H groups in total. The van der Waals surface area contributed by atoms with Gasteiger partial charge in [-0.1, -0.05) is 12.8 Å². The molecule has 0 saturated heterocycles. The lowest BCUT2D eigenvalue weighted by Crippen LogP contribution is -2.96. The SMILES string of the molecule is C[C@H]([NH2+]C1CCCCCC1)C(=O)Nc1ccc(S(N)(=O)=O)cc1. The maximum Gasteiger partial charge on any atom is 0.282 e. The van der Waals surface area contributed by atoms with Gasteiger partial charge in [0.05, 0.1) is 10.9 Å². The summed E-state index contributed by atoms with van der Waals surface area (Å²) in [5.74, 6) is -0.0717. The number of hydrogen-bond donors (Lipinski definition) is 3. The number of carbonyl (C=O) groups is 1. The molecular weight excluding hydrogens is 314 g/mol. The summed E-state index contributed by atoms with van der Waals surface area (Å²) in [6.07, 6.45) is 7.40. The summed E-state index contributed by atoms with van der Waals surface area (Å²) < 4.78 is 22.4. The van der Waals surface area contributed by atoms with Crippen molar-refractivity contribution >= 4 is 21.6 Å². The van der Waals surface area contributed by atoms with Crippen molar-refractivity contribution in [3.05, 3.63) is 24.3 Å². The molecule has 23 heavy (non-hydrogen) atoms. The second-order valence-corrected chi connectivity index (χ2v) is 7.85. The molecule has 128 valence electrons. The van der Waals surface area contributed by atoms with Crippen molar-refractivity contribution in [2.24, 2.45) is 5.14 Å². The molecule has 1 aromatic carbocycles. The molecule has 0 bridgehead atoms. The number of anilines is 1. The maximum absolute atomic E-state index is 12.3. The van der Waals surface area contributed by atoms with E-state index in [0.29, 0.717) is 11.7 Å². The molecule has 1 atom stereocenters. The van der Waals surface area contributed by atoms with Gasteiger partial charge in [0, 0.05) is 5.69 Å². The molecule has 2 rings (SSSR count). The summed E-state index contributed by atoms with van der Waals surface area (Å²) in [5, 5.41) is 10.0. The third-order valence-corrected chi connectivity index (χ3v) is 5.25. The van der Waals surface area contributed by atoms with Crippen molar-refractivity contribution in [3.8, 4) is 0 Å². The summed E-state index contributed by atoms with van der Waals surface area (Å²) in [7, 11) is -3.71. The van der Waals surface area contributed by atoms with E-state index in [1.54, 1.807) is 12.1 Å². The molecule has 6 nitrogen and oxygen atoms in total. The van der Waals surface area contributed by atoms with Crippen LogP contribution in [0.25, 0.3) is 0 Å². The molecule has 0 unspecified atom stereocenters. The number of primary sulfonamides is 1. The van der Waals surface area contributed by atoms with Crippen LogP contribution in [0, 0.1) is 0 Å². The minimum atomic E-state index is -3.71. The molecule has 1 fully saturated rings. The molecule has 1 aromatic rings. The minimum Gasteiger partial charge on any atom is -0.334 e. The van der Waals surface area contributed by atoms with E-state index in [9.17, 15) is 13.2 Å². The van der Waals surface area contributed by atoms with Crippen LogP contribution in [0.1, 0.15) is 45.4 Å². The Balaban J connectivity index is 1.90. The molecule has 0 aromatic heterocycles. The van der Waals surface area contributed by atoms with Crippen molar-refractivity contribution in [2.75, 3.05) is 5.32 Å². The van der Waals surface area contributed by atoms with Crippen LogP contribution in [0.4, 0.5) is 5.69 Å². The van der Waals surface area contributed by atoms with Gasteiger partial charge in [-0.15, -0.1) is 0 Å². The van der Waals surface area contributed by atoms with E-state index in [0.717, 1.165) is 0 Å². The Kier molecular flexibility index (Phi) is 6.15. The standard InChI is InChI=1S/C16H25N3O3S/c1-12(18-13-6-4-2-3-5-7-13)16(20)19-14-8-10-15(11-9-14)23(17,21)22/h8-13,18H,2-7H2,1H3,(H,19,20)(H2,17,21,22)/p+1/t12-/m0/s1. The number of hydrogen-bond acceptors (Lipinski definition) is 3. The van der Waals surface area contributed by atoms with Crippen molar-refractivity contribution in [3.63, 3.8) is 0 Å². The molecular formula is C16H26N3O3S+. The van der Waals surface area contributed by atoms with Crippen molar-refractivity contribution in [2.45, 2.75) is 62.4 Å². The largest absolute Gasteiger partial charge is 0.334 e. The van der Waals surface area contributed by atoms with Gasteiger partial charge >= 0.3 is 0 Å². The van der Waals surface area contributed by atoms with Crippen LogP contribution >= 0.6 is 0 Å². The van der Waals surface area contributed by atoms with E-state index < -0.39 is 10.0 Å². The van der Waals surface area contributed by atoms with Crippen molar-refractivity contribution < 1.29 is 18.5 Å². The van der Waals surface area contributed by atoms with Crippen LogP contribution in [0.5, 0.6) is 0 Å². The number of amides is 1. The monoisotopic (exact) mass is 340 g/mol. The topological polar surface area (TPSA) is 106 Å². The van der Waals surface area contributed by atoms with Gasteiger partial charge in [0.2, 0.25) is 10.0 Å². The number of benzene rings is 1. The lowest BCUT2D eigenvalue weighted by Gasteiger charge is -2.18. The highest BCUT2D eigenvalue weighted by molar-refractivity contribution is 7.89. The van der Waals surface area contributed by atoms with Gasteiger partial charge in [0.25, 0.3) is 5.91 Å². The fourth-order valence-electron chi connectivity index (χ4n) is 2.98. The zero-order chi connectivity index (χ0) is 16.9. The van der Waals surface area contributed by atoms with E-state index in [4.69, 9.17) is 5.14 Å². The van der Waals surface area contributed by atoms with Crippen molar-refractivity contribution in [1.82, 2.24) is 0 Å². The van der Waals surface area contributed by atoms with E-state index in [1.807, 2.05) is 6.92 Å². The van der Waals surface area contributed by atoms with Crippen LogP contribution < -0.4 is 15.8 Å². The van der Waals surface area contributed by atoms with Crippen LogP contribution in [-0.2, 0) is 14.8 Å². The lowest BCUT2D eigenvalue weighted by atomic mass is 10.1. The van der Waals surface area contributed by atoms with Crippen LogP contribution in [0.2, 0.25) is 0 Å². The Morgan fingerprint density at radius 1 is 1.17 bits per heavy atom. The number of sulfonamides is 1. The Hall–Kier alpha value is -1.44. The summed E-state index contributed by atoms with van der Waals surface area (Å²) in [6, 6.07) is 6.24. The second-order valence-electron chi connectivity index (χ2n) is 6.29. The summed E-state index contributed by atoms with van der Waals surface area (Å²) >= 11 is 0. The Labute approximate surface area is 137 Å². The molecule has 7 heteroatoms. The molecule has 0 aliphatic heterocycles. The summed E-state index contributed by atoms with van der Waals surface area (Å²) in [4.78, 5) is 12.3. The predicted molar refractivity (Wildman–Crippen MR) is 89.3 cm³/mol. The quantitative estimate of drug-likeness (QED) is 0.695. The highest BCUT2D eigenvalue weighted by Crippen LogP contribution is 2.15. The summed E-state index contributed by atoms with van der Waals surface area (Å²) in [5.41, 5.74) is 0.573. The van der Waals surface area contributed by atoms with Crippen molar-refractivity contribution in [1.29, 1.82) is 0 Å². The molecule has 0 radical (unpaired) electrons. The summed E-state index contributed by atoms with van der Waals surface area (Å²) in [6.45, 7) is 1.90. The Morgan fingerprint density at radius 3 is 2.26 bits per heavy atom. The Bertz CT molecular complexity index is 620. The average Bonchev–Trinajstić information content (AvgIpc) is 2.75. The van der Waals surface area contributed by atoms with Gasteiger partial charge < -0.3 is 10.6 Å². The zero-order valence-corrected chi connectivity index (χ0v) is 14.3. The highest BCUT2D eigenvalue weighted by Gasteiger charge is 2.23. The molecule has 0 spiro atoms. The lowest BCUT2D eigenvalue weighted by molar-refractivity contribution is -0.707. The number of nitrogens with one attached hydrogen (secondary N) is 1. The fraction of sp³-hybridized carbons (Fsp3) is 0.562. The van der Waals surface area contributed by atoms with Crippen LogP contribution in [-0.4, -0.2) is 26.4 Å². The number of rotatable bonds is 5. The maximum atomic E-state index is 12.3. The second kappa shape index (κ2) is 7.90. The van der Waals surface area contributed by atoms with Crippen LogP contribution in [0.15, 0.2) is 29.2 Å². The number of quaternary nitrogens is 1. The number of carbonyl (C=O) groups excluding carboxylic acids is 1. The van der Waals surface area contributed by atoms with E-state index >= 15 is 0 Å². The first-order valence-corrected chi connectivity index (χ1v) is 9.69. The van der Waals surface area contributed by atoms with Gasteiger partial charge in [0.1, 0.15) is 0 Å². The van der Waals surface area contributed by atoms with Gasteiger partial charge in [-0.05, 0) is 56.9 Å². The minimum absolute atomic E-state index is 0.0357. The van der Waals surface area contributed by atoms with Gasteiger partial charge in [-0.3, -0.25) is 4.79 Å². The van der Waals surface area contributed by atoms with E-state index in [2.05, 4.69) is 10.6 Å². The first-order chi connectivity index (χ1) is 10.9. The van der Waals surface area contributed by atoms with Gasteiger partial charge in [-0.25, -0.2) is 13.6 Å². The molecule has 1 aliphatic carbocycles. The number of nitrogens with two attached hydrogens (primary N) is 2. The Morgan fingerprint density at radius 2 is 1.74 bits per heavy atom. The highest BCUT2D eigenvalue weighted by atomic mass is 32.2. The average molecular weight is 340 g/mol. The smallest absolute Gasteiger partial charge is 0.282 e. The third-order valence-electron chi connectivity index (χ3n) is 4.32. The normalized spacial score (nSPS) is 18.2. The van der Waals surface area contributed by atoms with E-state index in [-0.39, 0.29) is 16.8 Å². The zero-order valence-electron chi connectivity index (χ0n) is 13.5. The van der Waals surface area contributed by atoms with E-state index in [1.165, 1.54) is 50.7 Å². The molecule has 1 aliphatic rings. The molecule has 0 heterocycles. The molecule has 1 saturated carbocycles. The first kappa shape index (κ1) is 17.9. The van der Waals surface area contributed by atoms with Gasteiger partial charge in [-0.2, -0.15) is 0 Å². The fourth-order valence-corrected chi connectivity index (χ4v) is 3.50. The van der Waals surface area contributed by atoms with Gasteiger partial charge in [0.15, 0.2) is 6.04 Å². The van der Waals surface area contributed by atoms with Crippen LogP contribution in [0.3, 0.4) is 0 Å².